The molecule has 74 valence electrons. The quantitative estimate of drug-likeness (QED) is 0.487. The van der Waals surface area contributed by atoms with Crippen LogP contribution < -0.4 is 0 Å². The van der Waals surface area contributed by atoms with Crippen molar-refractivity contribution in [2.45, 2.75) is 13.8 Å². The molecule has 4 heteroatoms. The third-order valence-corrected chi connectivity index (χ3v) is 1.22. The maximum absolute atomic E-state index is 8.35. The van der Waals surface area contributed by atoms with E-state index in [4.69, 9.17) is 20.4 Å². The predicted octanol–water partition coefficient (Wildman–Crippen LogP) is 2.11. The monoisotopic (exact) mass is 192 g/mol. The molecule has 0 aliphatic carbocycles. The number of aryl methyl sites for hydroxylation is 2. The fraction of sp³-hybridized carbons (Fsp3) is 0.200. The molecule has 0 aliphatic heterocycles. The van der Waals surface area contributed by atoms with E-state index in [-0.39, 0.29) is 0 Å². The van der Waals surface area contributed by atoms with E-state index in [1.807, 2.05) is 0 Å². The number of carbonyl (C=O) groups excluding carboxylic acids is 2. The highest BCUT2D eigenvalue weighted by Crippen LogP contribution is 1.99. The van der Waals surface area contributed by atoms with Crippen molar-refractivity contribution in [2.75, 3.05) is 0 Å². The van der Waals surface area contributed by atoms with Crippen LogP contribution >= 0.6 is 0 Å². The number of rotatable bonds is 0. The van der Waals surface area contributed by atoms with Gasteiger partial charge in [-0.15, -0.1) is 0 Å². The maximum Gasteiger partial charge on any atom is 0.231 e. The second-order valence-corrected chi connectivity index (χ2v) is 2.36. The zero-order chi connectivity index (χ0) is 11.4. The summed E-state index contributed by atoms with van der Waals surface area (Å²) in [5.41, 5.74) is 2.66. The Labute approximate surface area is 82.6 Å². The second kappa shape index (κ2) is 11.0. The molecule has 0 unspecified atom stereocenters. The van der Waals surface area contributed by atoms with Crippen LogP contribution in [-0.4, -0.2) is 12.2 Å². The Morgan fingerprint density at radius 1 is 0.857 bits per heavy atom. The first-order valence-electron chi connectivity index (χ1n) is 3.73. The molecule has 1 rings (SSSR count). The van der Waals surface area contributed by atoms with Crippen molar-refractivity contribution in [3.05, 3.63) is 35.4 Å². The molecule has 2 N–H and O–H groups in total. The number of hydrogen-bond acceptors (Lipinski definition) is 4. The van der Waals surface area contributed by atoms with Crippen LogP contribution in [0.15, 0.2) is 24.3 Å². The van der Waals surface area contributed by atoms with E-state index >= 15 is 0 Å². The average Bonchev–Trinajstić information content (AvgIpc) is 2.13. The van der Waals surface area contributed by atoms with Crippen LogP contribution in [0.2, 0.25) is 0 Å². The summed E-state index contributed by atoms with van der Waals surface area (Å²) in [5.74, 6) is 0. The molecule has 0 aromatic heterocycles. The maximum atomic E-state index is 8.35. The minimum absolute atomic E-state index is 0.750. The number of nitrogens with one attached hydrogen (secondary N) is 2. The van der Waals surface area contributed by atoms with E-state index in [0.29, 0.717) is 0 Å². The van der Waals surface area contributed by atoms with Crippen LogP contribution in [-0.2, 0) is 9.59 Å². The van der Waals surface area contributed by atoms with Crippen LogP contribution in [0.3, 0.4) is 0 Å². The molecule has 0 atom stereocenters. The number of hydrogen-bond donors (Lipinski definition) is 2. The van der Waals surface area contributed by atoms with Gasteiger partial charge in [-0.2, -0.15) is 0 Å². The van der Waals surface area contributed by atoms with Gasteiger partial charge in [-0.25, -0.2) is 20.4 Å². The lowest BCUT2D eigenvalue weighted by Crippen LogP contribution is -1.70. The van der Waals surface area contributed by atoms with Gasteiger partial charge in [-0.05, 0) is 13.8 Å². The molecule has 4 nitrogen and oxygen atoms in total. The highest BCUT2D eigenvalue weighted by atomic mass is 16.1. The summed E-state index contributed by atoms with van der Waals surface area (Å²) < 4.78 is 0. The molecule has 1 aromatic rings. The molecule has 0 saturated carbocycles. The molecular weight excluding hydrogens is 180 g/mol. The van der Waals surface area contributed by atoms with Gasteiger partial charge in [0.15, 0.2) is 0 Å². The molecule has 0 fully saturated rings. The van der Waals surface area contributed by atoms with Crippen molar-refractivity contribution in [1.29, 1.82) is 10.8 Å². The van der Waals surface area contributed by atoms with Crippen LogP contribution in [0.1, 0.15) is 11.1 Å². The van der Waals surface area contributed by atoms with Gasteiger partial charge in [0.25, 0.3) is 0 Å². The van der Waals surface area contributed by atoms with E-state index in [0.717, 1.165) is 12.2 Å². The first-order valence-corrected chi connectivity index (χ1v) is 3.73. The fourth-order valence-electron chi connectivity index (χ4n) is 0.637. The Morgan fingerprint density at radius 3 is 1.14 bits per heavy atom. The third kappa shape index (κ3) is 12.6. The van der Waals surface area contributed by atoms with Crippen molar-refractivity contribution in [3.63, 3.8) is 0 Å². The largest absolute Gasteiger partial charge is 0.231 e. The number of benzene rings is 1. The summed E-state index contributed by atoms with van der Waals surface area (Å²) >= 11 is 0. The van der Waals surface area contributed by atoms with Crippen LogP contribution in [0.5, 0.6) is 0 Å². The first kappa shape index (κ1) is 14.5. The van der Waals surface area contributed by atoms with Crippen molar-refractivity contribution in [1.82, 2.24) is 0 Å². The van der Waals surface area contributed by atoms with Crippen LogP contribution in [0, 0.1) is 24.7 Å². The molecule has 0 aliphatic rings. The van der Waals surface area contributed by atoms with Gasteiger partial charge in [0.05, 0.1) is 0 Å². The Bertz CT molecular complexity index is 272. The van der Waals surface area contributed by atoms with Crippen molar-refractivity contribution >= 4 is 12.2 Å². The SMILES string of the molecule is Cc1ccc(C)cc1.N=C=O.N=C=O. The van der Waals surface area contributed by atoms with E-state index in [9.17, 15) is 0 Å². The minimum Gasteiger partial charge on any atom is -0.222 e. The molecular formula is C10H12N2O2. The van der Waals surface area contributed by atoms with Gasteiger partial charge in [0.2, 0.25) is 12.2 Å². The lowest BCUT2D eigenvalue weighted by Gasteiger charge is -1.90. The predicted molar refractivity (Wildman–Crippen MR) is 52.7 cm³/mol. The zero-order valence-corrected chi connectivity index (χ0v) is 8.13. The molecule has 0 bridgehead atoms. The Morgan fingerprint density at radius 2 is 1.00 bits per heavy atom. The van der Waals surface area contributed by atoms with Crippen LogP contribution in [0.4, 0.5) is 0 Å². The summed E-state index contributed by atoms with van der Waals surface area (Å²) in [7, 11) is 0. The Hall–Kier alpha value is -2.02. The second-order valence-electron chi connectivity index (χ2n) is 2.36. The van der Waals surface area contributed by atoms with Crippen molar-refractivity contribution < 1.29 is 9.59 Å². The summed E-state index contributed by atoms with van der Waals surface area (Å²) in [6, 6.07) is 8.48. The molecule has 0 spiro atoms. The summed E-state index contributed by atoms with van der Waals surface area (Å²) in [6.45, 7) is 4.19. The van der Waals surface area contributed by atoms with E-state index in [1.165, 1.54) is 11.1 Å². The molecule has 0 heterocycles. The molecule has 1 aromatic carbocycles. The van der Waals surface area contributed by atoms with Gasteiger partial charge in [-0.1, -0.05) is 35.4 Å². The first-order chi connectivity index (χ1) is 6.62. The highest BCUT2D eigenvalue weighted by molar-refractivity contribution is 5.26. The van der Waals surface area contributed by atoms with Crippen molar-refractivity contribution in [2.24, 2.45) is 0 Å². The summed E-state index contributed by atoms with van der Waals surface area (Å²) in [5, 5.41) is 10.8. The highest BCUT2D eigenvalue weighted by Gasteiger charge is 1.79. The smallest absolute Gasteiger partial charge is 0.222 e. The van der Waals surface area contributed by atoms with Gasteiger partial charge < -0.3 is 0 Å². The van der Waals surface area contributed by atoms with E-state index in [2.05, 4.69) is 38.1 Å². The Balaban J connectivity index is 0. The normalized spacial score (nSPS) is 6.43. The van der Waals surface area contributed by atoms with E-state index in [1.54, 1.807) is 0 Å². The summed E-state index contributed by atoms with van der Waals surface area (Å²) in [6.07, 6.45) is 1.50. The van der Waals surface area contributed by atoms with Gasteiger partial charge in [0, 0.05) is 0 Å². The minimum atomic E-state index is 0.750. The average molecular weight is 192 g/mol. The fourth-order valence-corrected chi connectivity index (χ4v) is 0.637. The van der Waals surface area contributed by atoms with E-state index < -0.39 is 0 Å². The Kier molecular flexibility index (Phi) is 11.4. The zero-order valence-electron chi connectivity index (χ0n) is 8.13. The van der Waals surface area contributed by atoms with Gasteiger partial charge >= 0.3 is 0 Å². The molecule has 0 radical (unpaired) electrons. The van der Waals surface area contributed by atoms with Crippen LogP contribution in [0.25, 0.3) is 0 Å². The van der Waals surface area contributed by atoms with Gasteiger partial charge in [-0.3, -0.25) is 0 Å². The lowest BCUT2D eigenvalue weighted by molar-refractivity contribution is 0.562. The number of isocyanates is 2. The molecule has 0 saturated heterocycles. The topological polar surface area (TPSA) is 81.8 Å². The third-order valence-electron chi connectivity index (χ3n) is 1.22. The molecule has 14 heavy (non-hydrogen) atoms. The molecule has 0 amide bonds. The summed E-state index contributed by atoms with van der Waals surface area (Å²) in [4.78, 5) is 16.7. The standard InChI is InChI=1S/C8H10.2CHNO/c1-7-3-5-8(2)6-4-7;2*2-1-3/h3-6H,1-2H3;2*2H. The van der Waals surface area contributed by atoms with Crippen molar-refractivity contribution in [3.8, 4) is 0 Å². The van der Waals surface area contributed by atoms with Gasteiger partial charge in [0.1, 0.15) is 0 Å². The lowest BCUT2D eigenvalue weighted by atomic mass is 10.2.